The van der Waals surface area contributed by atoms with E-state index in [-0.39, 0.29) is 24.3 Å². The largest absolute Gasteiger partial charge is 0.331 e. The fourth-order valence-corrected chi connectivity index (χ4v) is 4.19. The second kappa shape index (κ2) is 9.71. The first-order valence-corrected chi connectivity index (χ1v) is 10.9. The van der Waals surface area contributed by atoms with Gasteiger partial charge in [0.1, 0.15) is 0 Å². The van der Waals surface area contributed by atoms with Crippen molar-refractivity contribution in [3.8, 4) is 0 Å². The van der Waals surface area contributed by atoms with Crippen molar-refractivity contribution in [2.75, 3.05) is 39.3 Å². The fourth-order valence-electron chi connectivity index (χ4n) is 4.19. The average Bonchev–Trinajstić information content (AvgIpc) is 3.05. The van der Waals surface area contributed by atoms with E-state index in [0.717, 1.165) is 32.7 Å². The monoisotopic (exact) mass is 418 g/mol. The first kappa shape index (κ1) is 21.0. The lowest BCUT2D eigenvalue weighted by atomic mass is 10.1. The highest BCUT2D eigenvalue weighted by atomic mass is 16.2. The van der Waals surface area contributed by atoms with Crippen LogP contribution >= 0.6 is 0 Å². The van der Waals surface area contributed by atoms with Gasteiger partial charge in [0.25, 0.3) is 11.8 Å². The molecule has 0 aliphatic carbocycles. The average molecular weight is 419 g/mol. The number of imide groups is 1. The molecule has 0 aromatic heterocycles. The van der Waals surface area contributed by atoms with Gasteiger partial charge in [-0.25, -0.2) is 0 Å². The molecule has 0 bridgehead atoms. The van der Waals surface area contributed by atoms with Crippen molar-refractivity contribution in [1.29, 1.82) is 0 Å². The number of hydrogen-bond donors (Lipinski definition) is 1. The van der Waals surface area contributed by atoms with E-state index in [1.54, 1.807) is 24.3 Å². The molecule has 4 rings (SSSR count). The Labute approximate surface area is 182 Å². The quantitative estimate of drug-likeness (QED) is 0.694. The normalized spacial score (nSPS) is 16.9. The minimum atomic E-state index is -0.256. The van der Waals surface area contributed by atoms with Crippen LogP contribution in [0.15, 0.2) is 60.7 Å². The molecule has 2 aromatic rings. The Morgan fingerprint density at radius 1 is 0.903 bits per heavy atom. The molecule has 2 aliphatic heterocycles. The molecular weight excluding hydrogens is 390 g/mol. The number of quaternary nitrogens is 1. The summed E-state index contributed by atoms with van der Waals surface area (Å²) in [7, 11) is 0. The Morgan fingerprint density at radius 2 is 1.52 bits per heavy atom. The van der Waals surface area contributed by atoms with Crippen LogP contribution in [0, 0.1) is 0 Å². The molecule has 2 aromatic carbocycles. The number of carbonyl (C=O) groups is 3. The van der Waals surface area contributed by atoms with Crippen molar-refractivity contribution < 1.29 is 19.3 Å². The lowest BCUT2D eigenvalue weighted by Gasteiger charge is -2.32. The third kappa shape index (κ3) is 4.91. The Balaban J connectivity index is 1.18. The molecule has 2 aliphatic rings. The van der Waals surface area contributed by atoms with Gasteiger partial charge in [-0.2, -0.15) is 0 Å². The molecule has 6 nitrogen and oxygen atoms in total. The predicted molar refractivity (Wildman–Crippen MR) is 119 cm³/mol. The molecular formula is C25H28N3O3+. The van der Waals surface area contributed by atoms with Crippen LogP contribution in [0.25, 0.3) is 6.08 Å². The summed E-state index contributed by atoms with van der Waals surface area (Å²) in [6.45, 7) is 4.61. The lowest BCUT2D eigenvalue weighted by molar-refractivity contribution is -0.898. The number of hydrogen-bond acceptors (Lipinski definition) is 3. The van der Waals surface area contributed by atoms with Gasteiger partial charge in [0.15, 0.2) is 0 Å². The number of nitrogens with one attached hydrogen (secondary N) is 1. The highest BCUT2D eigenvalue weighted by Crippen LogP contribution is 2.22. The van der Waals surface area contributed by atoms with Crippen LogP contribution in [-0.2, 0) is 4.79 Å². The van der Waals surface area contributed by atoms with Crippen molar-refractivity contribution >= 4 is 23.8 Å². The van der Waals surface area contributed by atoms with Crippen LogP contribution in [0.3, 0.4) is 0 Å². The lowest BCUT2D eigenvalue weighted by Crippen LogP contribution is -3.14. The van der Waals surface area contributed by atoms with E-state index in [1.807, 2.05) is 23.1 Å². The Hall–Kier alpha value is -3.25. The number of nitrogens with zero attached hydrogens (tertiary/aromatic N) is 2. The van der Waals surface area contributed by atoms with Crippen LogP contribution in [0.1, 0.15) is 39.1 Å². The standard InChI is InChI=1S/C25H27N3O3/c29-23(13-7-15-28-24(30)21-11-4-5-12-22(21)25(28)31)27-18-16-26(17-19-27)14-6-10-20-8-2-1-3-9-20/h1-6,8-12H,7,13-19H2/p+1/b10-6+. The van der Waals surface area contributed by atoms with Gasteiger partial charge in [0.05, 0.1) is 43.9 Å². The zero-order valence-corrected chi connectivity index (χ0v) is 17.6. The highest BCUT2D eigenvalue weighted by Gasteiger charge is 2.34. The number of benzene rings is 2. The molecule has 0 atom stereocenters. The molecule has 0 unspecified atom stereocenters. The number of amides is 3. The van der Waals surface area contributed by atoms with Crippen LogP contribution in [0.4, 0.5) is 0 Å². The second-order valence-corrected chi connectivity index (χ2v) is 8.06. The topological polar surface area (TPSA) is 62.1 Å². The van der Waals surface area contributed by atoms with Gasteiger partial charge in [0, 0.05) is 13.0 Å². The van der Waals surface area contributed by atoms with Gasteiger partial charge in [-0.3, -0.25) is 19.3 Å². The molecule has 2 heterocycles. The van der Waals surface area contributed by atoms with Crippen molar-refractivity contribution in [2.24, 2.45) is 0 Å². The molecule has 1 saturated heterocycles. The van der Waals surface area contributed by atoms with Gasteiger partial charge in [-0.1, -0.05) is 48.5 Å². The van der Waals surface area contributed by atoms with Crippen LogP contribution in [0.2, 0.25) is 0 Å². The maximum absolute atomic E-state index is 12.6. The highest BCUT2D eigenvalue weighted by molar-refractivity contribution is 6.21. The van der Waals surface area contributed by atoms with E-state index in [2.05, 4.69) is 24.3 Å². The molecule has 6 heteroatoms. The minimum Gasteiger partial charge on any atom is -0.331 e. The molecule has 0 radical (unpaired) electrons. The van der Waals surface area contributed by atoms with Gasteiger partial charge in [-0.05, 0) is 30.2 Å². The van der Waals surface area contributed by atoms with Gasteiger partial charge in [0.2, 0.25) is 5.91 Å². The number of fused-ring (bicyclic) bond motifs is 1. The Kier molecular flexibility index (Phi) is 6.57. The third-order valence-corrected chi connectivity index (χ3v) is 5.99. The first-order chi connectivity index (χ1) is 15.1. The van der Waals surface area contributed by atoms with E-state index in [0.29, 0.717) is 24.0 Å². The minimum absolute atomic E-state index is 0.107. The summed E-state index contributed by atoms with van der Waals surface area (Å²) >= 11 is 0. The molecule has 0 saturated carbocycles. The SMILES string of the molecule is O=C(CCCN1C(=O)c2ccccc2C1=O)N1CC[NH+](C/C=C/c2ccccc2)CC1. The van der Waals surface area contributed by atoms with Crippen LogP contribution in [-0.4, -0.2) is 66.8 Å². The third-order valence-electron chi connectivity index (χ3n) is 5.99. The van der Waals surface area contributed by atoms with Gasteiger partial charge >= 0.3 is 0 Å². The van der Waals surface area contributed by atoms with Crippen LogP contribution in [0.5, 0.6) is 0 Å². The summed E-state index contributed by atoms with van der Waals surface area (Å²) in [4.78, 5) is 42.0. The number of carbonyl (C=O) groups excluding carboxylic acids is 3. The summed E-state index contributed by atoms with van der Waals surface area (Å²) in [5.74, 6) is -0.405. The summed E-state index contributed by atoms with van der Waals surface area (Å²) in [5, 5.41) is 0. The summed E-state index contributed by atoms with van der Waals surface area (Å²) in [6, 6.07) is 17.1. The summed E-state index contributed by atoms with van der Waals surface area (Å²) in [6.07, 6.45) is 5.20. The first-order valence-electron chi connectivity index (χ1n) is 10.9. The molecule has 31 heavy (non-hydrogen) atoms. The molecule has 1 fully saturated rings. The maximum atomic E-state index is 12.6. The van der Waals surface area contributed by atoms with Gasteiger partial charge in [-0.15, -0.1) is 0 Å². The summed E-state index contributed by atoms with van der Waals surface area (Å²) in [5.41, 5.74) is 2.12. The van der Waals surface area contributed by atoms with Crippen molar-refractivity contribution in [2.45, 2.75) is 12.8 Å². The zero-order valence-electron chi connectivity index (χ0n) is 17.6. The molecule has 0 spiro atoms. The molecule has 160 valence electrons. The number of rotatable bonds is 7. The van der Waals surface area contributed by atoms with Crippen molar-refractivity contribution in [3.05, 3.63) is 77.4 Å². The maximum Gasteiger partial charge on any atom is 0.261 e. The molecule has 1 N–H and O–H groups in total. The number of piperazine rings is 1. The van der Waals surface area contributed by atoms with Crippen molar-refractivity contribution in [3.63, 3.8) is 0 Å². The second-order valence-electron chi connectivity index (χ2n) is 8.06. The zero-order chi connectivity index (χ0) is 21.6. The summed E-state index contributed by atoms with van der Waals surface area (Å²) < 4.78 is 0. The van der Waals surface area contributed by atoms with Crippen LogP contribution < -0.4 is 4.90 Å². The smallest absolute Gasteiger partial charge is 0.261 e. The molecule has 3 amide bonds. The van der Waals surface area contributed by atoms with E-state index >= 15 is 0 Å². The Morgan fingerprint density at radius 3 is 2.16 bits per heavy atom. The van der Waals surface area contributed by atoms with E-state index in [1.165, 1.54) is 15.4 Å². The van der Waals surface area contributed by atoms with E-state index < -0.39 is 0 Å². The van der Waals surface area contributed by atoms with Crippen molar-refractivity contribution in [1.82, 2.24) is 9.80 Å². The Bertz CT molecular complexity index is 944. The predicted octanol–water partition coefficient (Wildman–Crippen LogP) is 1.50. The fraction of sp³-hybridized carbons (Fsp3) is 0.320. The van der Waals surface area contributed by atoms with E-state index in [4.69, 9.17) is 0 Å². The van der Waals surface area contributed by atoms with E-state index in [9.17, 15) is 14.4 Å². The van der Waals surface area contributed by atoms with Gasteiger partial charge < -0.3 is 9.80 Å².